The minimum absolute atomic E-state index is 0.0401. The predicted octanol–water partition coefficient (Wildman–Crippen LogP) is 4.58. The zero-order valence-electron chi connectivity index (χ0n) is 17.2. The predicted molar refractivity (Wildman–Crippen MR) is 107 cm³/mol. The van der Waals surface area contributed by atoms with Crippen molar-refractivity contribution in [1.29, 1.82) is 0 Å². The third-order valence-electron chi connectivity index (χ3n) is 5.33. The number of esters is 1. The van der Waals surface area contributed by atoms with Crippen LogP contribution in [0.5, 0.6) is 0 Å². The number of hydrogen-bond acceptors (Lipinski definition) is 5. The number of benzene rings is 2. The molecule has 0 aromatic heterocycles. The molecule has 0 bridgehead atoms. The number of rotatable bonds is 5. The number of amides is 1. The van der Waals surface area contributed by atoms with Gasteiger partial charge in [0.25, 0.3) is 5.69 Å². The lowest BCUT2D eigenvalue weighted by Crippen LogP contribution is -2.38. The second kappa shape index (κ2) is 8.81. The molecular formula is C22H19F3N2O5. The second-order valence-corrected chi connectivity index (χ2v) is 7.27. The fourth-order valence-electron chi connectivity index (χ4n) is 3.70. The summed E-state index contributed by atoms with van der Waals surface area (Å²) >= 11 is 0. The minimum atomic E-state index is -4.57. The highest BCUT2D eigenvalue weighted by atomic mass is 19.4. The van der Waals surface area contributed by atoms with Crippen molar-refractivity contribution in [3.63, 3.8) is 0 Å². The van der Waals surface area contributed by atoms with Gasteiger partial charge in [0.1, 0.15) is 0 Å². The Morgan fingerprint density at radius 2 is 1.88 bits per heavy atom. The highest BCUT2D eigenvalue weighted by molar-refractivity contribution is 5.95. The number of halogens is 3. The number of alkyl halides is 3. The first kappa shape index (κ1) is 23.0. The maximum Gasteiger partial charge on any atom is 0.416 e. The molecule has 0 saturated heterocycles. The van der Waals surface area contributed by atoms with Crippen molar-refractivity contribution in [3.8, 4) is 0 Å². The van der Waals surface area contributed by atoms with Gasteiger partial charge in [-0.25, -0.2) is 4.79 Å². The highest BCUT2D eigenvalue weighted by Crippen LogP contribution is 2.39. The first-order valence-electron chi connectivity index (χ1n) is 9.53. The van der Waals surface area contributed by atoms with Gasteiger partial charge in [-0.05, 0) is 24.1 Å². The Bertz CT molecular complexity index is 1090. The van der Waals surface area contributed by atoms with Gasteiger partial charge in [-0.2, -0.15) is 13.2 Å². The molecule has 168 valence electrons. The molecule has 3 rings (SSSR count). The minimum Gasteiger partial charge on any atom is -0.466 e. The SMILES string of the molecule is COC(=O)C1=C(C)N(Cc2ccc([N+](=O)[O-])cc2)C(=O)CC1c1cccc(C(F)(F)F)c1. The number of carbonyl (C=O) groups excluding carboxylic acids is 2. The first-order chi connectivity index (χ1) is 15.0. The second-order valence-electron chi connectivity index (χ2n) is 7.27. The number of ether oxygens (including phenoxy) is 1. The third-order valence-corrected chi connectivity index (χ3v) is 5.33. The summed E-state index contributed by atoms with van der Waals surface area (Å²) in [6.45, 7) is 1.56. The smallest absolute Gasteiger partial charge is 0.416 e. The van der Waals surface area contributed by atoms with Gasteiger partial charge >= 0.3 is 12.1 Å². The maximum atomic E-state index is 13.2. The van der Waals surface area contributed by atoms with Gasteiger partial charge in [0.2, 0.25) is 5.91 Å². The van der Waals surface area contributed by atoms with E-state index in [0.29, 0.717) is 5.56 Å². The van der Waals surface area contributed by atoms with E-state index in [4.69, 9.17) is 4.74 Å². The molecule has 1 aliphatic heterocycles. The van der Waals surface area contributed by atoms with Gasteiger partial charge in [-0.1, -0.05) is 30.3 Å². The van der Waals surface area contributed by atoms with Crippen LogP contribution in [0.1, 0.15) is 36.0 Å². The van der Waals surface area contributed by atoms with E-state index in [1.165, 1.54) is 48.2 Å². The molecule has 0 radical (unpaired) electrons. The Kier molecular flexibility index (Phi) is 6.33. The molecular weight excluding hydrogens is 429 g/mol. The lowest BCUT2D eigenvalue weighted by Gasteiger charge is -2.34. The standard InChI is InChI=1S/C22H19F3N2O5/c1-13-20(21(29)32-2)18(15-4-3-5-16(10-15)22(23,24)25)11-19(28)26(13)12-14-6-8-17(9-7-14)27(30)31/h3-10,18H,11-12H2,1-2H3. The van der Waals surface area contributed by atoms with Gasteiger partial charge in [0.05, 0.1) is 29.7 Å². The Hall–Kier alpha value is -3.69. The summed E-state index contributed by atoms with van der Waals surface area (Å²) in [7, 11) is 1.16. The summed E-state index contributed by atoms with van der Waals surface area (Å²) in [6.07, 6.45) is -4.79. The summed E-state index contributed by atoms with van der Waals surface area (Å²) in [5, 5.41) is 10.8. The van der Waals surface area contributed by atoms with Gasteiger partial charge in [-0.3, -0.25) is 14.9 Å². The number of non-ortho nitro benzene ring substituents is 1. The van der Waals surface area contributed by atoms with Gasteiger partial charge in [0, 0.05) is 30.2 Å². The molecule has 0 saturated carbocycles. The van der Waals surface area contributed by atoms with Gasteiger partial charge < -0.3 is 9.64 Å². The molecule has 1 heterocycles. The molecule has 1 atom stereocenters. The fraction of sp³-hybridized carbons (Fsp3) is 0.273. The maximum absolute atomic E-state index is 13.2. The van der Waals surface area contributed by atoms with Crippen molar-refractivity contribution in [1.82, 2.24) is 4.90 Å². The molecule has 2 aromatic carbocycles. The quantitative estimate of drug-likeness (QED) is 0.380. The number of carbonyl (C=O) groups is 2. The van der Waals surface area contributed by atoms with Crippen LogP contribution in [0.25, 0.3) is 0 Å². The zero-order valence-corrected chi connectivity index (χ0v) is 17.2. The van der Waals surface area contributed by atoms with E-state index in [0.717, 1.165) is 19.2 Å². The van der Waals surface area contributed by atoms with Crippen LogP contribution in [0, 0.1) is 10.1 Å². The highest BCUT2D eigenvalue weighted by Gasteiger charge is 2.38. The number of hydrogen-bond donors (Lipinski definition) is 0. The lowest BCUT2D eigenvalue weighted by atomic mass is 9.83. The number of nitrogens with zero attached hydrogens (tertiary/aromatic N) is 2. The van der Waals surface area contributed by atoms with E-state index < -0.39 is 34.5 Å². The van der Waals surface area contributed by atoms with E-state index in [2.05, 4.69) is 0 Å². The molecule has 1 unspecified atom stereocenters. The number of nitro groups is 1. The molecule has 1 amide bonds. The van der Waals surface area contributed by atoms with Crippen molar-refractivity contribution in [2.75, 3.05) is 7.11 Å². The Morgan fingerprint density at radius 1 is 1.22 bits per heavy atom. The van der Waals surface area contributed by atoms with Crippen LogP contribution in [-0.2, 0) is 27.0 Å². The third kappa shape index (κ3) is 4.63. The van der Waals surface area contributed by atoms with Crippen LogP contribution in [0.4, 0.5) is 18.9 Å². The van der Waals surface area contributed by atoms with Crippen LogP contribution in [0.2, 0.25) is 0 Å². The molecule has 2 aromatic rings. The van der Waals surface area contributed by atoms with E-state index in [1.807, 2.05) is 0 Å². The number of allylic oxidation sites excluding steroid dienone is 1. The Morgan fingerprint density at radius 3 is 2.44 bits per heavy atom. The molecule has 32 heavy (non-hydrogen) atoms. The van der Waals surface area contributed by atoms with E-state index in [9.17, 15) is 32.9 Å². The summed E-state index contributed by atoms with van der Waals surface area (Å²) in [6, 6.07) is 10.1. The number of methoxy groups -OCH3 is 1. The Balaban J connectivity index is 2.01. The Labute approximate surface area is 181 Å². The van der Waals surface area contributed by atoms with Crippen LogP contribution in [0.15, 0.2) is 59.8 Å². The van der Waals surface area contributed by atoms with Crippen molar-refractivity contribution in [2.24, 2.45) is 0 Å². The fourth-order valence-corrected chi connectivity index (χ4v) is 3.70. The number of nitro benzene ring substituents is 1. The van der Waals surface area contributed by atoms with Crippen molar-refractivity contribution in [2.45, 2.75) is 32.0 Å². The molecule has 0 N–H and O–H groups in total. The van der Waals surface area contributed by atoms with E-state index >= 15 is 0 Å². The molecule has 7 nitrogen and oxygen atoms in total. The van der Waals surface area contributed by atoms with Crippen LogP contribution >= 0.6 is 0 Å². The van der Waals surface area contributed by atoms with Crippen LogP contribution < -0.4 is 0 Å². The van der Waals surface area contributed by atoms with Crippen molar-refractivity contribution in [3.05, 3.63) is 86.6 Å². The molecule has 0 spiro atoms. The summed E-state index contributed by atoms with van der Waals surface area (Å²) in [5.74, 6) is -2.03. The topological polar surface area (TPSA) is 89.8 Å². The summed E-state index contributed by atoms with van der Waals surface area (Å²) < 4.78 is 44.4. The van der Waals surface area contributed by atoms with Crippen LogP contribution in [0.3, 0.4) is 0 Å². The average molecular weight is 448 g/mol. The van der Waals surface area contributed by atoms with Gasteiger partial charge in [0.15, 0.2) is 0 Å². The van der Waals surface area contributed by atoms with E-state index in [1.54, 1.807) is 0 Å². The molecule has 0 aliphatic carbocycles. The lowest BCUT2D eigenvalue weighted by molar-refractivity contribution is -0.384. The van der Waals surface area contributed by atoms with Crippen LogP contribution in [-0.4, -0.2) is 28.8 Å². The monoisotopic (exact) mass is 448 g/mol. The zero-order chi connectivity index (χ0) is 23.6. The van der Waals surface area contributed by atoms with Crippen molar-refractivity contribution >= 4 is 17.6 Å². The normalized spacial score (nSPS) is 16.8. The largest absolute Gasteiger partial charge is 0.466 e. The average Bonchev–Trinajstić information content (AvgIpc) is 2.75. The molecule has 1 aliphatic rings. The first-order valence-corrected chi connectivity index (χ1v) is 9.53. The van der Waals surface area contributed by atoms with E-state index in [-0.39, 0.29) is 35.5 Å². The molecule has 10 heteroatoms. The summed E-state index contributed by atoms with van der Waals surface area (Å²) in [4.78, 5) is 37.1. The van der Waals surface area contributed by atoms with Gasteiger partial charge in [-0.15, -0.1) is 0 Å². The van der Waals surface area contributed by atoms with Crippen molar-refractivity contribution < 1.29 is 32.4 Å². The molecule has 0 fully saturated rings. The summed E-state index contributed by atoms with van der Waals surface area (Å²) in [5.41, 5.74) is 0.138.